The maximum atomic E-state index is 12.7. The van der Waals surface area contributed by atoms with Crippen LogP contribution in [0.3, 0.4) is 0 Å². The van der Waals surface area contributed by atoms with Gasteiger partial charge in [-0.15, -0.1) is 11.3 Å². The number of ether oxygens (including phenoxy) is 1. The summed E-state index contributed by atoms with van der Waals surface area (Å²) in [6.07, 6.45) is 4.22. The first-order valence-electron chi connectivity index (χ1n) is 8.34. The summed E-state index contributed by atoms with van der Waals surface area (Å²) < 4.78 is 5.13. The van der Waals surface area contributed by atoms with Gasteiger partial charge in [-0.05, 0) is 52.0 Å². The minimum Gasteiger partial charge on any atom is -0.462 e. The molecule has 0 radical (unpaired) electrons. The lowest BCUT2D eigenvalue weighted by Crippen LogP contribution is -2.45. The third-order valence-electron chi connectivity index (χ3n) is 4.44. The number of anilines is 1. The highest BCUT2D eigenvalue weighted by Gasteiger charge is 2.28. The average Bonchev–Trinajstić information content (AvgIpc) is 2.81. The molecule has 2 rings (SSSR count). The van der Waals surface area contributed by atoms with Crippen molar-refractivity contribution in [2.24, 2.45) is 0 Å². The first kappa shape index (κ1) is 17.8. The van der Waals surface area contributed by atoms with Gasteiger partial charge in [0.15, 0.2) is 0 Å². The van der Waals surface area contributed by atoms with Crippen molar-refractivity contribution in [3.8, 4) is 0 Å². The Morgan fingerprint density at radius 2 is 2.04 bits per heavy atom. The molecule has 2 amide bonds. The molecule has 1 aliphatic heterocycles. The van der Waals surface area contributed by atoms with E-state index in [4.69, 9.17) is 4.74 Å². The molecule has 2 heterocycles. The molecule has 1 N–H and O–H groups in total. The van der Waals surface area contributed by atoms with Crippen LogP contribution in [0.5, 0.6) is 0 Å². The molecule has 1 unspecified atom stereocenters. The molecule has 1 fully saturated rings. The number of aryl methyl sites for hydroxylation is 1. The number of urea groups is 1. The second-order valence-electron chi connectivity index (χ2n) is 5.89. The Morgan fingerprint density at radius 3 is 2.70 bits per heavy atom. The molecule has 23 heavy (non-hydrogen) atoms. The van der Waals surface area contributed by atoms with E-state index in [1.54, 1.807) is 6.92 Å². The molecule has 128 valence electrons. The van der Waals surface area contributed by atoms with Crippen LogP contribution in [0.1, 0.15) is 60.3 Å². The SMILES string of the molecule is CCOC(=O)c1c(NC(=O)N2CCCCC2CC)sc(C)c1C. The first-order chi connectivity index (χ1) is 11.0. The van der Waals surface area contributed by atoms with Crippen molar-refractivity contribution in [2.45, 2.75) is 59.4 Å². The minimum atomic E-state index is -0.365. The normalized spacial score (nSPS) is 17.9. The highest BCUT2D eigenvalue weighted by Crippen LogP contribution is 2.33. The van der Waals surface area contributed by atoms with Gasteiger partial charge in [-0.1, -0.05) is 6.92 Å². The number of carbonyl (C=O) groups excluding carboxylic acids is 2. The third kappa shape index (κ3) is 3.86. The van der Waals surface area contributed by atoms with Crippen LogP contribution in [-0.4, -0.2) is 36.1 Å². The zero-order chi connectivity index (χ0) is 17.0. The summed E-state index contributed by atoms with van der Waals surface area (Å²) in [7, 11) is 0. The zero-order valence-corrected chi connectivity index (χ0v) is 15.2. The van der Waals surface area contributed by atoms with Gasteiger partial charge in [-0.25, -0.2) is 9.59 Å². The quantitative estimate of drug-likeness (QED) is 0.831. The maximum Gasteiger partial charge on any atom is 0.341 e. The standard InChI is InChI=1S/C17H26N2O3S/c1-5-13-9-7-8-10-19(13)17(21)18-15-14(16(20)22-6-2)11(3)12(4)23-15/h13H,5-10H2,1-4H3,(H,18,21). The summed E-state index contributed by atoms with van der Waals surface area (Å²) in [6, 6.07) is 0.181. The second-order valence-corrected chi connectivity index (χ2v) is 7.11. The van der Waals surface area contributed by atoms with Crippen molar-refractivity contribution in [3.05, 3.63) is 16.0 Å². The average molecular weight is 338 g/mol. The highest BCUT2D eigenvalue weighted by molar-refractivity contribution is 7.16. The molecule has 0 spiro atoms. The second kappa shape index (κ2) is 7.81. The lowest BCUT2D eigenvalue weighted by atomic mass is 10.0. The van der Waals surface area contributed by atoms with Gasteiger partial charge in [-0.3, -0.25) is 5.32 Å². The largest absolute Gasteiger partial charge is 0.462 e. The number of likely N-dealkylation sites (tertiary alicyclic amines) is 1. The molecule has 1 saturated heterocycles. The number of nitrogens with one attached hydrogen (secondary N) is 1. The topological polar surface area (TPSA) is 58.6 Å². The first-order valence-corrected chi connectivity index (χ1v) is 9.15. The van der Waals surface area contributed by atoms with Crippen LogP contribution < -0.4 is 5.32 Å². The van der Waals surface area contributed by atoms with Crippen LogP contribution in [0.25, 0.3) is 0 Å². The predicted octanol–water partition coefficient (Wildman–Crippen LogP) is 4.34. The number of rotatable bonds is 4. The van der Waals surface area contributed by atoms with E-state index in [1.165, 1.54) is 17.8 Å². The predicted molar refractivity (Wildman–Crippen MR) is 93.4 cm³/mol. The van der Waals surface area contributed by atoms with E-state index in [-0.39, 0.29) is 18.0 Å². The van der Waals surface area contributed by atoms with Crippen molar-refractivity contribution in [1.29, 1.82) is 0 Å². The molecule has 0 saturated carbocycles. The van der Waals surface area contributed by atoms with Crippen molar-refractivity contribution in [1.82, 2.24) is 4.90 Å². The summed E-state index contributed by atoms with van der Waals surface area (Å²) >= 11 is 1.44. The van der Waals surface area contributed by atoms with Gasteiger partial charge in [-0.2, -0.15) is 0 Å². The summed E-state index contributed by atoms with van der Waals surface area (Å²) in [5.74, 6) is -0.365. The van der Waals surface area contributed by atoms with Gasteiger partial charge >= 0.3 is 12.0 Å². The summed E-state index contributed by atoms with van der Waals surface area (Å²) in [4.78, 5) is 27.8. The molecule has 1 aromatic heterocycles. The van der Waals surface area contributed by atoms with Crippen LogP contribution in [0, 0.1) is 13.8 Å². The van der Waals surface area contributed by atoms with Crippen LogP contribution in [0.4, 0.5) is 9.80 Å². The number of amides is 2. The van der Waals surface area contributed by atoms with Gasteiger partial charge in [0.1, 0.15) is 5.00 Å². The molecule has 6 heteroatoms. The van der Waals surface area contributed by atoms with E-state index < -0.39 is 0 Å². The van der Waals surface area contributed by atoms with Crippen LogP contribution >= 0.6 is 11.3 Å². The molecule has 0 bridgehead atoms. The smallest absolute Gasteiger partial charge is 0.341 e. The van der Waals surface area contributed by atoms with Gasteiger partial charge in [0.05, 0.1) is 12.2 Å². The maximum absolute atomic E-state index is 12.7. The number of hydrogen-bond acceptors (Lipinski definition) is 4. The fourth-order valence-corrected chi connectivity index (χ4v) is 4.06. The van der Waals surface area contributed by atoms with Crippen LogP contribution in [0.15, 0.2) is 0 Å². The molecule has 1 atom stereocenters. The third-order valence-corrected chi connectivity index (χ3v) is 5.57. The van der Waals surface area contributed by atoms with Crippen molar-refractivity contribution in [2.75, 3.05) is 18.5 Å². The Hall–Kier alpha value is -1.56. The number of carbonyl (C=O) groups is 2. The molecule has 0 aliphatic carbocycles. The Balaban J connectivity index is 2.20. The summed E-state index contributed by atoms with van der Waals surface area (Å²) in [6.45, 7) is 8.84. The lowest BCUT2D eigenvalue weighted by molar-refractivity contribution is 0.0527. The molecule has 5 nitrogen and oxygen atoms in total. The van der Waals surface area contributed by atoms with E-state index in [2.05, 4.69) is 12.2 Å². The Labute approximate surface area is 142 Å². The van der Waals surface area contributed by atoms with E-state index >= 15 is 0 Å². The van der Waals surface area contributed by atoms with Gasteiger partial charge in [0, 0.05) is 17.5 Å². The molecule has 1 aliphatic rings. The number of esters is 1. The monoisotopic (exact) mass is 338 g/mol. The number of hydrogen-bond donors (Lipinski definition) is 1. The highest BCUT2D eigenvalue weighted by atomic mass is 32.1. The fraction of sp³-hybridized carbons (Fsp3) is 0.647. The number of thiophene rings is 1. The molecular formula is C17H26N2O3S. The Kier molecular flexibility index (Phi) is 6.04. The number of piperidine rings is 1. The van der Waals surface area contributed by atoms with Crippen LogP contribution in [0.2, 0.25) is 0 Å². The lowest BCUT2D eigenvalue weighted by Gasteiger charge is -2.35. The van der Waals surface area contributed by atoms with E-state index in [1.807, 2.05) is 18.7 Å². The van der Waals surface area contributed by atoms with E-state index in [0.717, 1.165) is 36.2 Å². The van der Waals surface area contributed by atoms with E-state index in [0.29, 0.717) is 17.2 Å². The minimum absolute atomic E-state index is 0.108. The van der Waals surface area contributed by atoms with Crippen molar-refractivity contribution >= 4 is 28.3 Å². The fourth-order valence-electron chi connectivity index (χ4n) is 3.03. The van der Waals surface area contributed by atoms with Gasteiger partial charge < -0.3 is 9.64 Å². The Morgan fingerprint density at radius 1 is 1.30 bits per heavy atom. The van der Waals surface area contributed by atoms with Gasteiger partial charge in [0.2, 0.25) is 0 Å². The van der Waals surface area contributed by atoms with E-state index in [9.17, 15) is 9.59 Å². The molecule has 1 aromatic rings. The number of nitrogens with zero attached hydrogens (tertiary/aromatic N) is 1. The molecular weight excluding hydrogens is 312 g/mol. The van der Waals surface area contributed by atoms with Crippen molar-refractivity contribution < 1.29 is 14.3 Å². The van der Waals surface area contributed by atoms with Gasteiger partial charge in [0.25, 0.3) is 0 Å². The summed E-state index contributed by atoms with van der Waals surface area (Å²) in [5.41, 5.74) is 1.38. The summed E-state index contributed by atoms with van der Waals surface area (Å²) in [5, 5.41) is 3.55. The van der Waals surface area contributed by atoms with Crippen molar-refractivity contribution in [3.63, 3.8) is 0 Å². The van der Waals surface area contributed by atoms with Crippen LogP contribution in [-0.2, 0) is 4.74 Å². The zero-order valence-electron chi connectivity index (χ0n) is 14.4. The Bertz CT molecular complexity index is 583. The molecule has 0 aromatic carbocycles.